The molecular formula is C32H33ClN4O7S. The fraction of sp³-hybridized carbons (Fsp3) is 0.250. The second kappa shape index (κ2) is 14.5. The van der Waals surface area contributed by atoms with Crippen molar-refractivity contribution in [3.05, 3.63) is 106 Å². The molecule has 4 aromatic rings. The maximum absolute atomic E-state index is 13.3. The maximum Gasteiger partial charge on any atom is 0.334 e. The van der Waals surface area contributed by atoms with E-state index in [9.17, 15) is 33.0 Å². The van der Waals surface area contributed by atoms with Gasteiger partial charge in [0.1, 0.15) is 5.69 Å². The van der Waals surface area contributed by atoms with Crippen molar-refractivity contribution >= 4 is 39.4 Å². The summed E-state index contributed by atoms with van der Waals surface area (Å²) in [6, 6.07) is 20.8. The van der Waals surface area contributed by atoms with Gasteiger partial charge in [0.15, 0.2) is 6.10 Å². The quantitative estimate of drug-likeness (QED) is 0.169. The molecule has 4 N–H and O–H groups in total. The number of aromatic nitrogens is 2. The number of amides is 2. The molecule has 13 heteroatoms. The Morgan fingerprint density at radius 3 is 2.33 bits per heavy atom. The van der Waals surface area contributed by atoms with Crippen LogP contribution in [-0.2, 0) is 39.0 Å². The van der Waals surface area contributed by atoms with Crippen molar-refractivity contribution in [2.45, 2.75) is 56.7 Å². The summed E-state index contributed by atoms with van der Waals surface area (Å²) in [7, 11) is -4.21. The number of carboxylic acid groups (broad SMARTS) is 1. The first kappa shape index (κ1) is 33.4. The summed E-state index contributed by atoms with van der Waals surface area (Å²) in [5, 5.41) is 27.2. The predicted molar refractivity (Wildman–Crippen MR) is 168 cm³/mol. The third kappa shape index (κ3) is 8.35. The van der Waals surface area contributed by atoms with E-state index in [4.69, 9.17) is 11.6 Å². The van der Waals surface area contributed by atoms with Gasteiger partial charge in [-0.2, -0.15) is 5.10 Å². The standard InChI is InChI=1S/C32H33ClN4O7S/c1-3-9-24-18-28(31(40)34-27(30(39)32(41)42)17-23-12-7-8-13-26(23)33)35-37(24)19-21-14-15-25(22-10-5-4-6-11-22)29(16-21)45(43,44)36-20(2)38/h4-8,10-16,18,27,30,39H,3,9,17,19H2,1-2H3,(H,34,40)(H,36,38)(H,41,42)/t27-,30-/m1/s1. The number of aliphatic hydroxyl groups is 1. The highest BCUT2D eigenvalue weighted by molar-refractivity contribution is 7.90. The third-order valence-electron chi connectivity index (χ3n) is 6.98. The van der Waals surface area contributed by atoms with Crippen molar-refractivity contribution in [3.63, 3.8) is 0 Å². The van der Waals surface area contributed by atoms with Crippen LogP contribution in [0.4, 0.5) is 0 Å². The van der Waals surface area contributed by atoms with E-state index in [1.54, 1.807) is 71.4 Å². The normalized spacial score (nSPS) is 12.7. The first-order valence-corrected chi connectivity index (χ1v) is 16.0. The van der Waals surface area contributed by atoms with Gasteiger partial charge in [0.2, 0.25) is 5.91 Å². The van der Waals surface area contributed by atoms with Crippen LogP contribution in [0.25, 0.3) is 11.1 Å². The number of aliphatic hydroxyl groups excluding tert-OH is 1. The number of rotatable bonds is 13. The summed E-state index contributed by atoms with van der Waals surface area (Å²) < 4.78 is 30.0. The van der Waals surface area contributed by atoms with Gasteiger partial charge in [0, 0.05) is 23.2 Å². The van der Waals surface area contributed by atoms with Crippen LogP contribution in [0.2, 0.25) is 5.02 Å². The van der Waals surface area contributed by atoms with Crippen molar-refractivity contribution in [2.24, 2.45) is 0 Å². The molecule has 0 aliphatic carbocycles. The van der Waals surface area contributed by atoms with Crippen LogP contribution in [0.15, 0.2) is 83.8 Å². The van der Waals surface area contributed by atoms with Crippen molar-refractivity contribution in [2.75, 3.05) is 0 Å². The predicted octanol–water partition coefficient (Wildman–Crippen LogP) is 3.82. The third-order valence-corrected chi connectivity index (χ3v) is 8.82. The zero-order valence-corrected chi connectivity index (χ0v) is 26.2. The Bertz CT molecular complexity index is 1810. The number of sulfonamides is 1. The zero-order valence-electron chi connectivity index (χ0n) is 24.6. The Morgan fingerprint density at radius 2 is 1.69 bits per heavy atom. The Balaban J connectivity index is 1.66. The Kier molecular flexibility index (Phi) is 10.8. The average Bonchev–Trinajstić information content (AvgIpc) is 3.39. The van der Waals surface area contributed by atoms with E-state index in [0.717, 1.165) is 6.92 Å². The molecule has 0 fully saturated rings. The first-order chi connectivity index (χ1) is 21.4. The van der Waals surface area contributed by atoms with Gasteiger partial charge in [-0.25, -0.2) is 17.9 Å². The van der Waals surface area contributed by atoms with Gasteiger partial charge in [0.05, 0.1) is 17.5 Å². The molecule has 1 aromatic heterocycles. The van der Waals surface area contributed by atoms with Crippen LogP contribution in [0, 0.1) is 0 Å². The summed E-state index contributed by atoms with van der Waals surface area (Å²) in [5.41, 5.74) is 2.82. The lowest BCUT2D eigenvalue weighted by Crippen LogP contribution is -2.48. The molecule has 0 radical (unpaired) electrons. The monoisotopic (exact) mass is 652 g/mol. The van der Waals surface area contributed by atoms with E-state index >= 15 is 0 Å². The van der Waals surface area contributed by atoms with E-state index < -0.39 is 40.0 Å². The van der Waals surface area contributed by atoms with Gasteiger partial charge >= 0.3 is 5.97 Å². The Labute approximate surface area is 265 Å². The number of aryl methyl sites for hydroxylation is 1. The van der Waals surface area contributed by atoms with Gasteiger partial charge in [-0.15, -0.1) is 0 Å². The number of benzene rings is 3. The molecule has 1 heterocycles. The van der Waals surface area contributed by atoms with Crippen molar-refractivity contribution < 1.29 is 33.0 Å². The lowest BCUT2D eigenvalue weighted by Gasteiger charge is -2.21. The Morgan fingerprint density at radius 1 is 1.00 bits per heavy atom. The highest BCUT2D eigenvalue weighted by atomic mass is 35.5. The SMILES string of the molecule is CCCc1cc(C(=O)N[C@H](Cc2ccccc2Cl)[C@@H](O)C(=O)O)nn1Cc1ccc(-c2ccccc2)c(S(=O)(=O)NC(C)=O)c1. The molecule has 3 aromatic carbocycles. The maximum atomic E-state index is 13.3. The van der Waals surface area contributed by atoms with Gasteiger partial charge in [-0.05, 0) is 47.7 Å². The summed E-state index contributed by atoms with van der Waals surface area (Å²) in [5.74, 6) is -2.93. The highest BCUT2D eigenvalue weighted by Gasteiger charge is 2.29. The molecule has 2 atom stereocenters. The van der Waals surface area contributed by atoms with Crippen LogP contribution in [0.1, 0.15) is 47.6 Å². The number of aliphatic carboxylic acids is 1. The number of carbonyl (C=O) groups excluding carboxylic acids is 2. The second-order valence-electron chi connectivity index (χ2n) is 10.4. The Hall–Kier alpha value is -4.52. The van der Waals surface area contributed by atoms with E-state index in [1.807, 2.05) is 17.7 Å². The van der Waals surface area contributed by atoms with Crippen molar-refractivity contribution in [3.8, 4) is 11.1 Å². The lowest BCUT2D eigenvalue weighted by atomic mass is 10.0. The van der Waals surface area contributed by atoms with E-state index in [2.05, 4.69) is 10.4 Å². The molecule has 0 aliphatic heterocycles. The molecule has 45 heavy (non-hydrogen) atoms. The van der Waals surface area contributed by atoms with Crippen molar-refractivity contribution in [1.82, 2.24) is 19.8 Å². The van der Waals surface area contributed by atoms with Gasteiger partial charge in [-0.1, -0.05) is 85.6 Å². The molecule has 0 unspecified atom stereocenters. The first-order valence-electron chi connectivity index (χ1n) is 14.1. The molecule has 0 spiro atoms. The van der Waals surface area contributed by atoms with Crippen LogP contribution >= 0.6 is 11.6 Å². The molecule has 0 aliphatic rings. The fourth-order valence-corrected chi connectivity index (χ4v) is 6.36. The molecule has 11 nitrogen and oxygen atoms in total. The van der Waals surface area contributed by atoms with Crippen LogP contribution in [0.5, 0.6) is 0 Å². The lowest BCUT2D eigenvalue weighted by molar-refractivity contribution is -0.148. The van der Waals surface area contributed by atoms with E-state index in [0.29, 0.717) is 45.8 Å². The number of carbonyl (C=O) groups is 3. The second-order valence-corrected chi connectivity index (χ2v) is 12.5. The van der Waals surface area contributed by atoms with E-state index in [1.165, 1.54) is 6.07 Å². The van der Waals surface area contributed by atoms with E-state index in [-0.39, 0.29) is 23.6 Å². The van der Waals surface area contributed by atoms with Gasteiger partial charge in [0.25, 0.3) is 15.9 Å². The molecule has 236 valence electrons. The largest absolute Gasteiger partial charge is 0.479 e. The number of nitrogens with zero attached hydrogens (tertiary/aromatic N) is 2. The average molecular weight is 653 g/mol. The van der Waals surface area contributed by atoms with Gasteiger partial charge < -0.3 is 15.5 Å². The molecule has 2 amide bonds. The zero-order chi connectivity index (χ0) is 32.7. The van der Waals surface area contributed by atoms with Gasteiger partial charge in [-0.3, -0.25) is 14.3 Å². The smallest absolute Gasteiger partial charge is 0.334 e. The summed E-state index contributed by atoms with van der Waals surface area (Å²) in [6.45, 7) is 3.17. The summed E-state index contributed by atoms with van der Waals surface area (Å²) in [6.07, 6.45) is -0.690. The molecular weight excluding hydrogens is 620 g/mol. The minimum atomic E-state index is -4.21. The molecule has 0 bridgehead atoms. The highest BCUT2D eigenvalue weighted by Crippen LogP contribution is 2.29. The minimum absolute atomic E-state index is 0.00723. The number of nitrogens with one attached hydrogen (secondary N) is 2. The molecule has 4 rings (SSSR count). The number of hydrogen-bond acceptors (Lipinski definition) is 7. The minimum Gasteiger partial charge on any atom is -0.479 e. The summed E-state index contributed by atoms with van der Waals surface area (Å²) >= 11 is 6.23. The summed E-state index contributed by atoms with van der Waals surface area (Å²) in [4.78, 5) is 36.6. The number of halogens is 1. The van der Waals surface area contributed by atoms with Crippen LogP contribution in [-0.4, -0.2) is 58.3 Å². The number of carboxylic acids is 1. The topological polar surface area (TPSA) is 168 Å². The van der Waals surface area contributed by atoms with Crippen LogP contribution < -0.4 is 10.0 Å². The van der Waals surface area contributed by atoms with Crippen molar-refractivity contribution in [1.29, 1.82) is 0 Å². The molecule has 0 saturated heterocycles. The van der Waals surface area contributed by atoms with Crippen LogP contribution in [0.3, 0.4) is 0 Å². The number of hydrogen-bond donors (Lipinski definition) is 4. The molecule has 0 saturated carbocycles. The fourth-order valence-electron chi connectivity index (χ4n) is 4.88.